The number of benzene rings is 6. The van der Waals surface area contributed by atoms with Gasteiger partial charge in [-0.05, 0) is 46.3 Å². The molecule has 40 heavy (non-hydrogen) atoms. The van der Waals surface area contributed by atoms with Gasteiger partial charge in [0, 0.05) is 11.1 Å². The molecule has 2 aliphatic rings. The van der Waals surface area contributed by atoms with E-state index in [1.807, 2.05) is 12.1 Å². The van der Waals surface area contributed by atoms with Crippen LogP contribution in [0.5, 0.6) is 23.0 Å². The molecule has 0 fully saturated rings. The fraction of sp³-hybridized carbons (Fsp3) is 0. The molecule has 0 radical (unpaired) electrons. The van der Waals surface area contributed by atoms with Gasteiger partial charge in [0.05, 0.1) is 11.4 Å². The van der Waals surface area contributed by atoms with Gasteiger partial charge in [-0.3, -0.25) is 0 Å². The van der Waals surface area contributed by atoms with Gasteiger partial charge in [-0.15, -0.1) is 0 Å². The molecule has 0 N–H and O–H groups in total. The van der Waals surface area contributed by atoms with Crippen LogP contribution in [0.1, 0.15) is 0 Å². The average Bonchev–Trinajstić information content (AvgIpc) is 3.03. The van der Waals surface area contributed by atoms with E-state index in [1.165, 1.54) is 0 Å². The zero-order chi connectivity index (χ0) is 26.5. The summed E-state index contributed by atoms with van der Waals surface area (Å²) < 4.78 is 13.2. The van der Waals surface area contributed by atoms with Crippen LogP contribution in [-0.2, 0) is 0 Å². The third kappa shape index (κ3) is 3.54. The number of fused-ring (bicyclic) bond motifs is 4. The molecule has 2 heterocycles. The van der Waals surface area contributed by atoms with Crippen molar-refractivity contribution in [3.63, 3.8) is 0 Å². The Morgan fingerprint density at radius 3 is 1.27 bits per heavy atom. The van der Waals surface area contributed by atoms with Crippen LogP contribution in [0.2, 0.25) is 0 Å². The Morgan fingerprint density at radius 1 is 0.375 bits per heavy atom. The highest BCUT2D eigenvalue weighted by Gasteiger charge is 2.42. The van der Waals surface area contributed by atoms with Crippen molar-refractivity contribution in [3.8, 4) is 45.3 Å². The first-order valence-corrected chi connectivity index (χ1v) is 13.6. The predicted octanol–water partition coefficient (Wildman–Crippen LogP) is 8.18. The van der Waals surface area contributed by atoms with Crippen molar-refractivity contribution in [1.29, 1.82) is 0 Å². The first-order valence-electron chi connectivity index (χ1n) is 13.6. The number of anilines is 2. The number of rotatable bonds is 3. The van der Waals surface area contributed by atoms with Crippen LogP contribution in [0.15, 0.2) is 146 Å². The van der Waals surface area contributed by atoms with E-state index in [-0.39, 0.29) is 6.85 Å². The fourth-order valence-electron chi connectivity index (χ4n) is 6.06. The van der Waals surface area contributed by atoms with Crippen molar-refractivity contribution in [3.05, 3.63) is 146 Å². The molecule has 0 atom stereocenters. The van der Waals surface area contributed by atoms with E-state index in [1.54, 1.807) is 0 Å². The number of nitrogens with zero attached hydrogens (tertiary/aromatic N) is 1. The first kappa shape index (κ1) is 22.7. The topological polar surface area (TPSA) is 21.7 Å². The molecular formula is C36H24BNO2. The molecular weight excluding hydrogens is 489 g/mol. The lowest BCUT2D eigenvalue weighted by atomic mass is 9.47. The molecule has 3 nitrogen and oxygen atoms in total. The smallest absolute Gasteiger partial charge is 0.335 e. The van der Waals surface area contributed by atoms with Crippen molar-refractivity contribution in [2.45, 2.75) is 0 Å². The van der Waals surface area contributed by atoms with Gasteiger partial charge in [-0.1, -0.05) is 121 Å². The van der Waals surface area contributed by atoms with Crippen molar-refractivity contribution in [2.75, 3.05) is 4.81 Å². The number of hydrogen-bond donors (Lipinski definition) is 0. The predicted molar refractivity (Wildman–Crippen MR) is 164 cm³/mol. The monoisotopic (exact) mass is 513 g/mol. The zero-order valence-corrected chi connectivity index (χ0v) is 21.7. The van der Waals surface area contributed by atoms with Crippen molar-refractivity contribution in [1.82, 2.24) is 0 Å². The minimum Gasteiger partial charge on any atom is -0.458 e. The maximum atomic E-state index is 6.73. The largest absolute Gasteiger partial charge is 0.458 e. The van der Waals surface area contributed by atoms with Gasteiger partial charge >= 0.3 is 6.85 Å². The Labute approximate surface area is 234 Å². The highest BCUT2D eigenvalue weighted by molar-refractivity contribution is 6.91. The zero-order valence-electron chi connectivity index (χ0n) is 21.7. The second kappa shape index (κ2) is 9.21. The molecule has 0 spiro atoms. The van der Waals surface area contributed by atoms with Crippen molar-refractivity contribution >= 4 is 29.1 Å². The van der Waals surface area contributed by atoms with Gasteiger partial charge in [-0.2, -0.15) is 0 Å². The standard InChI is InChI=1S/C36H24BNO2/c1-3-13-25(14-4-1)27-17-11-23-33-35(27)38(36-28(18-12-24-34(36)40-33)26-15-5-2-6-16-26)37-29-19-7-9-21-31(29)39-32-22-10-8-20-30(32)37/h1-24H. The van der Waals surface area contributed by atoms with Crippen LogP contribution >= 0.6 is 0 Å². The molecule has 2 aliphatic heterocycles. The number of hydrogen-bond acceptors (Lipinski definition) is 3. The Morgan fingerprint density at radius 2 is 0.775 bits per heavy atom. The van der Waals surface area contributed by atoms with E-state index in [9.17, 15) is 0 Å². The molecule has 8 rings (SSSR count). The Kier molecular flexibility index (Phi) is 5.24. The molecule has 0 unspecified atom stereocenters. The fourth-order valence-corrected chi connectivity index (χ4v) is 6.06. The molecule has 0 amide bonds. The van der Waals surface area contributed by atoms with Crippen LogP contribution in [0, 0.1) is 0 Å². The molecule has 4 heteroatoms. The van der Waals surface area contributed by atoms with E-state index >= 15 is 0 Å². The molecule has 0 aliphatic carbocycles. The van der Waals surface area contributed by atoms with E-state index in [4.69, 9.17) is 9.47 Å². The normalized spacial score (nSPS) is 12.8. The summed E-state index contributed by atoms with van der Waals surface area (Å²) in [7, 11) is 0. The molecule has 0 bridgehead atoms. The summed E-state index contributed by atoms with van der Waals surface area (Å²) in [5.41, 5.74) is 8.84. The van der Waals surface area contributed by atoms with Crippen molar-refractivity contribution < 1.29 is 9.47 Å². The molecule has 6 aromatic carbocycles. The minimum atomic E-state index is -0.141. The first-order chi connectivity index (χ1) is 19.9. The quantitative estimate of drug-likeness (QED) is 0.223. The Bertz CT molecular complexity index is 1740. The van der Waals surface area contributed by atoms with Crippen LogP contribution in [-0.4, -0.2) is 6.85 Å². The highest BCUT2D eigenvalue weighted by atomic mass is 16.5. The Balaban J connectivity index is 1.49. The van der Waals surface area contributed by atoms with E-state index in [2.05, 4.69) is 138 Å². The van der Waals surface area contributed by atoms with Crippen LogP contribution in [0.4, 0.5) is 11.4 Å². The lowest BCUT2D eigenvalue weighted by Gasteiger charge is -2.42. The SMILES string of the molecule is c1ccc(-c2cccc3c2N(B2c4ccccc4Oc4ccccc42)c2c(cccc2-c2ccccc2)O3)cc1. The second-order valence-corrected chi connectivity index (χ2v) is 10.1. The summed E-state index contributed by atoms with van der Waals surface area (Å²) >= 11 is 0. The van der Waals surface area contributed by atoms with E-state index in [0.29, 0.717) is 0 Å². The van der Waals surface area contributed by atoms with E-state index < -0.39 is 0 Å². The summed E-state index contributed by atoms with van der Waals surface area (Å²) in [6, 6.07) is 50.6. The molecule has 0 saturated carbocycles. The van der Waals surface area contributed by atoms with Gasteiger partial charge < -0.3 is 14.3 Å². The summed E-state index contributed by atoms with van der Waals surface area (Å²) in [4.78, 5) is 2.49. The third-order valence-corrected chi connectivity index (χ3v) is 7.77. The van der Waals surface area contributed by atoms with Gasteiger partial charge in [0.15, 0.2) is 11.5 Å². The maximum Gasteiger partial charge on any atom is 0.335 e. The maximum absolute atomic E-state index is 6.73. The lowest BCUT2D eigenvalue weighted by molar-refractivity contribution is 0.477. The molecule has 0 aromatic heterocycles. The highest BCUT2D eigenvalue weighted by Crippen LogP contribution is 2.54. The minimum absolute atomic E-state index is 0.141. The number of para-hydroxylation sites is 4. The number of ether oxygens (including phenoxy) is 2. The summed E-state index contributed by atoms with van der Waals surface area (Å²) in [6.45, 7) is -0.141. The molecule has 188 valence electrons. The van der Waals surface area contributed by atoms with Crippen LogP contribution < -0.4 is 25.2 Å². The molecule has 6 aromatic rings. The van der Waals surface area contributed by atoms with Crippen molar-refractivity contribution in [2.24, 2.45) is 0 Å². The van der Waals surface area contributed by atoms with E-state index in [0.717, 1.165) is 67.6 Å². The third-order valence-electron chi connectivity index (χ3n) is 7.77. The lowest BCUT2D eigenvalue weighted by Crippen LogP contribution is -2.58. The molecule has 0 saturated heterocycles. The van der Waals surface area contributed by atoms with Gasteiger partial charge in [0.1, 0.15) is 11.5 Å². The summed E-state index contributed by atoms with van der Waals surface area (Å²) in [5, 5.41) is 0. The van der Waals surface area contributed by atoms with Crippen LogP contribution in [0.3, 0.4) is 0 Å². The second-order valence-electron chi connectivity index (χ2n) is 10.1. The average molecular weight is 513 g/mol. The van der Waals surface area contributed by atoms with Gasteiger partial charge in [0.25, 0.3) is 0 Å². The summed E-state index contributed by atoms with van der Waals surface area (Å²) in [6.07, 6.45) is 0. The van der Waals surface area contributed by atoms with Crippen LogP contribution in [0.25, 0.3) is 22.3 Å². The van der Waals surface area contributed by atoms with Gasteiger partial charge in [-0.25, -0.2) is 0 Å². The summed E-state index contributed by atoms with van der Waals surface area (Å²) in [5.74, 6) is 3.41. The van der Waals surface area contributed by atoms with Gasteiger partial charge in [0.2, 0.25) is 0 Å². The Hall–Kier alpha value is -5.22.